The summed E-state index contributed by atoms with van der Waals surface area (Å²) in [5.74, 6) is -0.769. The number of nitrogens with zero attached hydrogens (tertiary/aromatic N) is 1. The fraction of sp³-hybridized carbons (Fsp3) is 0.462. The van der Waals surface area contributed by atoms with Gasteiger partial charge in [-0.25, -0.2) is 4.39 Å². The first-order valence-electron chi connectivity index (χ1n) is 5.73. The zero-order valence-electron chi connectivity index (χ0n) is 10.2. The molecule has 1 aromatic rings. The van der Waals surface area contributed by atoms with E-state index in [4.69, 9.17) is 5.73 Å². The number of hydrogen-bond acceptors (Lipinski definition) is 2. The quantitative estimate of drug-likeness (QED) is 0.760. The molecule has 4 heteroatoms. The van der Waals surface area contributed by atoms with Crippen molar-refractivity contribution in [1.82, 2.24) is 4.90 Å². The minimum absolute atomic E-state index is 0.0719. The van der Waals surface area contributed by atoms with Gasteiger partial charge < -0.3 is 10.6 Å². The van der Waals surface area contributed by atoms with Crippen LogP contribution >= 0.6 is 0 Å². The summed E-state index contributed by atoms with van der Waals surface area (Å²) >= 11 is 0. The molecule has 92 valence electrons. The molecule has 1 aromatic carbocycles. The molecule has 2 N–H and O–H groups in total. The summed E-state index contributed by atoms with van der Waals surface area (Å²) in [4.78, 5) is 13.8. The van der Waals surface area contributed by atoms with Crippen molar-refractivity contribution < 1.29 is 9.18 Å². The Bertz CT molecular complexity index is 457. The lowest BCUT2D eigenvalue weighted by atomic mass is 9.93. The molecular weight excluding hydrogens is 219 g/mol. The molecular formula is C13H17FN2O. The van der Waals surface area contributed by atoms with Gasteiger partial charge in [0.2, 0.25) is 0 Å². The van der Waals surface area contributed by atoms with Crippen molar-refractivity contribution in [3.8, 4) is 0 Å². The van der Waals surface area contributed by atoms with Gasteiger partial charge in [0.25, 0.3) is 5.91 Å². The number of likely N-dealkylation sites (tertiary alicyclic amines) is 1. The number of anilines is 1. The monoisotopic (exact) mass is 236 g/mol. The molecule has 1 amide bonds. The van der Waals surface area contributed by atoms with Crippen molar-refractivity contribution in [2.45, 2.75) is 20.3 Å². The Morgan fingerprint density at radius 3 is 2.76 bits per heavy atom. The van der Waals surface area contributed by atoms with Gasteiger partial charge in [0, 0.05) is 18.8 Å². The van der Waals surface area contributed by atoms with Crippen LogP contribution < -0.4 is 5.73 Å². The number of carbonyl (C=O) groups excluding carboxylic acids is 1. The minimum atomic E-state index is -0.506. The van der Waals surface area contributed by atoms with Gasteiger partial charge in [-0.3, -0.25) is 4.79 Å². The summed E-state index contributed by atoms with van der Waals surface area (Å²) < 4.78 is 13.6. The topological polar surface area (TPSA) is 46.3 Å². The second-order valence-corrected chi connectivity index (χ2v) is 5.38. The van der Waals surface area contributed by atoms with Gasteiger partial charge in [0.15, 0.2) is 0 Å². The number of benzene rings is 1. The van der Waals surface area contributed by atoms with E-state index < -0.39 is 5.82 Å². The second kappa shape index (κ2) is 4.02. The molecule has 0 unspecified atom stereocenters. The maximum absolute atomic E-state index is 13.6. The number of amides is 1. The highest BCUT2D eigenvalue weighted by molar-refractivity contribution is 5.95. The van der Waals surface area contributed by atoms with E-state index in [1.165, 1.54) is 18.2 Å². The van der Waals surface area contributed by atoms with Crippen LogP contribution in [0.5, 0.6) is 0 Å². The smallest absolute Gasteiger partial charge is 0.256 e. The Kier molecular flexibility index (Phi) is 2.81. The van der Waals surface area contributed by atoms with Crippen LogP contribution in [0.15, 0.2) is 18.2 Å². The van der Waals surface area contributed by atoms with E-state index in [0.717, 1.165) is 6.42 Å². The summed E-state index contributed by atoms with van der Waals surface area (Å²) in [7, 11) is 0. The van der Waals surface area contributed by atoms with E-state index >= 15 is 0 Å². The van der Waals surface area contributed by atoms with E-state index in [0.29, 0.717) is 18.8 Å². The van der Waals surface area contributed by atoms with Crippen molar-refractivity contribution in [2.24, 2.45) is 5.41 Å². The summed E-state index contributed by atoms with van der Waals surface area (Å²) in [6, 6.07) is 4.10. The third kappa shape index (κ3) is 2.40. The third-order valence-electron chi connectivity index (χ3n) is 3.19. The SMILES string of the molecule is CC1(C)CCN(C(=O)c2cc(N)ccc2F)C1. The first kappa shape index (κ1) is 11.9. The van der Waals surface area contributed by atoms with E-state index in [2.05, 4.69) is 13.8 Å². The fourth-order valence-electron chi connectivity index (χ4n) is 2.16. The van der Waals surface area contributed by atoms with Crippen molar-refractivity contribution in [3.63, 3.8) is 0 Å². The Morgan fingerprint density at radius 2 is 2.18 bits per heavy atom. The molecule has 0 atom stereocenters. The van der Waals surface area contributed by atoms with Crippen LogP contribution in [0.2, 0.25) is 0 Å². The van der Waals surface area contributed by atoms with E-state index in [-0.39, 0.29) is 16.9 Å². The lowest BCUT2D eigenvalue weighted by Gasteiger charge is -2.20. The van der Waals surface area contributed by atoms with Crippen LogP contribution in [0, 0.1) is 11.2 Å². The molecule has 1 fully saturated rings. The lowest BCUT2D eigenvalue weighted by molar-refractivity contribution is 0.0773. The predicted molar refractivity (Wildman–Crippen MR) is 65.1 cm³/mol. The highest BCUT2D eigenvalue weighted by Gasteiger charge is 2.33. The Hall–Kier alpha value is -1.58. The maximum atomic E-state index is 13.6. The average molecular weight is 236 g/mol. The largest absolute Gasteiger partial charge is 0.399 e. The molecule has 0 aromatic heterocycles. The third-order valence-corrected chi connectivity index (χ3v) is 3.19. The summed E-state index contributed by atoms with van der Waals surface area (Å²) in [5.41, 5.74) is 6.18. The number of nitrogens with two attached hydrogens (primary N) is 1. The van der Waals surface area contributed by atoms with E-state index in [1.807, 2.05) is 0 Å². The molecule has 0 saturated carbocycles. The number of carbonyl (C=O) groups is 1. The van der Waals surface area contributed by atoms with Gasteiger partial charge >= 0.3 is 0 Å². The van der Waals surface area contributed by atoms with Crippen LogP contribution in [0.1, 0.15) is 30.6 Å². The number of halogens is 1. The molecule has 1 aliphatic heterocycles. The van der Waals surface area contributed by atoms with E-state index in [9.17, 15) is 9.18 Å². The highest BCUT2D eigenvalue weighted by Crippen LogP contribution is 2.30. The molecule has 1 saturated heterocycles. The zero-order chi connectivity index (χ0) is 12.6. The highest BCUT2D eigenvalue weighted by atomic mass is 19.1. The van der Waals surface area contributed by atoms with Crippen LogP contribution in [-0.4, -0.2) is 23.9 Å². The summed E-state index contributed by atoms with van der Waals surface area (Å²) in [6.07, 6.45) is 0.947. The fourth-order valence-corrected chi connectivity index (χ4v) is 2.16. The number of nitrogen functional groups attached to an aromatic ring is 1. The Morgan fingerprint density at radius 1 is 1.47 bits per heavy atom. The molecule has 17 heavy (non-hydrogen) atoms. The Labute approximate surface area is 100 Å². The molecule has 0 aliphatic carbocycles. The van der Waals surface area contributed by atoms with Crippen LogP contribution in [0.25, 0.3) is 0 Å². The average Bonchev–Trinajstić information content (AvgIpc) is 2.61. The molecule has 2 rings (SSSR count). The van der Waals surface area contributed by atoms with Crippen molar-refractivity contribution in [1.29, 1.82) is 0 Å². The van der Waals surface area contributed by atoms with E-state index in [1.54, 1.807) is 4.90 Å². The molecule has 3 nitrogen and oxygen atoms in total. The predicted octanol–water partition coefficient (Wildman–Crippen LogP) is 2.28. The van der Waals surface area contributed by atoms with Gasteiger partial charge in [-0.1, -0.05) is 13.8 Å². The van der Waals surface area contributed by atoms with Crippen molar-refractivity contribution >= 4 is 11.6 Å². The van der Waals surface area contributed by atoms with Gasteiger partial charge in [-0.2, -0.15) is 0 Å². The lowest BCUT2D eigenvalue weighted by Crippen LogP contribution is -2.30. The number of rotatable bonds is 1. The van der Waals surface area contributed by atoms with Gasteiger partial charge in [0.1, 0.15) is 5.82 Å². The van der Waals surface area contributed by atoms with Crippen molar-refractivity contribution in [2.75, 3.05) is 18.8 Å². The minimum Gasteiger partial charge on any atom is -0.399 e. The second-order valence-electron chi connectivity index (χ2n) is 5.38. The first-order valence-corrected chi connectivity index (χ1v) is 5.73. The standard InChI is InChI=1S/C13H17FN2O/c1-13(2)5-6-16(8-13)12(17)10-7-9(15)3-4-11(10)14/h3-4,7H,5-6,8,15H2,1-2H3. The van der Waals surface area contributed by atoms with Gasteiger partial charge in [0.05, 0.1) is 5.56 Å². The normalized spacial score (nSPS) is 18.4. The maximum Gasteiger partial charge on any atom is 0.256 e. The Balaban J connectivity index is 2.23. The van der Waals surface area contributed by atoms with Crippen LogP contribution in [0.4, 0.5) is 10.1 Å². The number of hydrogen-bond donors (Lipinski definition) is 1. The zero-order valence-corrected chi connectivity index (χ0v) is 10.2. The molecule has 1 heterocycles. The molecule has 0 spiro atoms. The van der Waals surface area contributed by atoms with Crippen LogP contribution in [-0.2, 0) is 0 Å². The van der Waals surface area contributed by atoms with Gasteiger partial charge in [-0.05, 0) is 30.0 Å². The van der Waals surface area contributed by atoms with Crippen molar-refractivity contribution in [3.05, 3.63) is 29.6 Å². The summed E-state index contributed by atoms with van der Waals surface area (Å²) in [6.45, 7) is 5.56. The van der Waals surface area contributed by atoms with Crippen LogP contribution in [0.3, 0.4) is 0 Å². The first-order chi connectivity index (χ1) is 7.89. The molecule has 1 aliphatic rings. The van der Waals surface area contributed by atoms with Gasteiger partial charge in [-0.15, -0.1) is 0 Å². The summed E-state index contributed by atoms with van der Waals surface area (Å²) in [5, 5.41) is 0. The molecule has 0 bridgehead atoms. The molecule has 0 radical (unpaired) electrons.